The summed E-state index contributed by atoms with van der Waals surface area (Å²) < 4.78 is 39.8. The summed E-state index contributed by atoms with van der Waals surface area (Å²) in [6, 6.07) is 13.2. The van der Waals surface area contributed by atoms with Crippen LogP contribution in [0.15, 0.2) is 48.5 Å². The molecule has 0 bridgehead atoms. The van der Waals surface area contributed by atoms with Crippen LogP contribution < -0.4 is 5.73 Å². The molecule has 0 fully saturated rings. The predicted octanol–water partition coefficient (Wildman–Crippen LogP) is 2.77. The van der Waals surface area contributed by atoms with Crippen molar-refractivity contribution in [2.45, 2.75) is 12.3 Å². The van der Waals surface area contributed by atoms with Crippen molar-refractivity contribution in [3.05, 3.63) is 70.5 Å². The molecule has 0 spiro atoms. The van der Waals surface area contributed by atoms with Gasteiger partial charge < -0.3 is 5.73 Å². The molecule has 0 atom stereocenters. The molecule has 0 aliphatic carbocycles. The van der Waals surface area contributed by atoms with Crippen LogP contribution >= 0.6 is 11.6 Å². The van der Waals surface area contributed by atoms with Gasteiger partial charge in [0.2, 0.25) is 10.0 Å². The molecule has 0 radical (unpaired) electrons. The highest BCUT2D eigenvalue weighted by Crippen LogP contribution is 2.20. The average Bonchev–Trinajstić information content (AvgIpc) is 2.51. The second-order valence-corrected chi connectivity index (χ2v) is 7.49. The normalized spacial score (nSPS) is 11.8. The van der Waals surface area contributed by atoms with Gasteiger partial charge in [0.25, 0.3) is 0 Å². The molecular weight excluding hydrogens is 339 g/mol. The average molecular weight is 357 g/mol. The number of benzene rings is 2. The summed E-state index contributed by atoms with van der Waals surface area (Å²) in [5.41, 5.74) is 6.85. The first-order valence-corrected chi connectivity index (χ1v) is 9.07. The standard InChI is InChI=1S/C16H18ClFN2O2S/c17-15-10-14(6-7-16(15)18)12-23(21,22)20(9-8-19)11-13-4-2-1-3-5-13/h1-7,10H,8-9,11-12,19H2. The quantitative estimate of drug-likeness (QED) is 0.829. The molecule has 0 unspecified atom stereocenters. The molecule has 7 heteroatoms. The van der Waals surface area contributed by atoms with Crippen LogP contribution in [0.5, 0.6) is 0 Å². The van der Waals surface area contributed by atoms with Crippen molar-refractivity contribution in [2.24, 2.45) is 5.73 Å². The van der Waals surface area contributed by atoms with E-state index >= 15 is 0 Å². The molecule has 0 saturated heterocycles. The van der Waals surface area contributed by atoms with Gasteiger partial charge in [-0.25, -0.2) is 12.8 Å². The van der Waals surface area contributed by atoms with Gasteiger partial charge in [0, 0.05) is 19.6 Å². The first-order chi connectivity index (χ1) is 10.9. The summed E-state index contributed by atoms with van der Waals surface area (Å²) in [6.45, 7) is 0.678. The molecule has 2 N–H and O–H groups in total. The van der Waals surface area contributed by atoms with Crippen LogP contribution in [0, 0.1) is 5.82 Å². The molecule has 0 amide bonds. The van der Waals surface area contributed by atoms with Crippen molar-refractivity contribution in [1.29, 1.82) is 0 Å². The van der Waals surface area contributed by atoms with Crippen molar-refractivity contribution < 1.29 is 12.8 Å². The van der Waals surface area contributed by atoms with Gasteiger partial charge in [-0.05, 0) is 23.3 Å². The van der Waals surface area contributed by atoms with Gasteiger partial charge in [-0.15, -0.1) is 0 Å². The molecule has 0 aliphatic rings. The molecule has 0 aliphatic heterocycles. The largest absolute Gasteiger partial charge is 0.329 e. The van der Waals surface area contributed by atoms with E-state index in [-0.39, 0.29) is 30.4 Å². The fraction of sp³-hybridized carbons (Fsp3) is 0.250. The van der Waals surface area contributed by atoms with Gasteiger partial charge in [-0.2, -0.15) is 4.31 Å². The highest BCUT2D eigenvalue weighted by atomic mass is 35.5. The van der Waals surface area contributed by atoms with Crippen molar-refractivity contribution in [1.82, 2.24) is 4.31 Å². The molecule has 2 rings (SSSR count). The van der Waals surface area contributed by atoms with Crippen LogP contribution in [0.2, 0.25) is 5.02 Å². The third kappa shape index (κ3) is 5.00. The Labute approximate surface area is 140 Å². The topological polar surface area (TPSA) is 63.4 Å². The lowest BCUT2D eigenvalue weighted by Crippen LogP contribution is -2.35. The number of hydrogen-bond donors (Lipinski definition) is 1. The van der Waals surface area contributed by atoms with E-state index in [1.807, 2.05) is 30.3 Å². The minimum absolute atomic E-state index is 0.0915. The zero-order valence-electron chi connectivity index (χ0n) is 12.5. The van der Waals surface area contributed by atoms with E-state index in [1.54, 1.807) is 0 Å². The Kier molecular flexibility index (Phi) is 6.12. The molecule has 23 heavy (non-hydrogen) atoms. The zero-order chi connectivity index (χ0) is 16.9. The van der Waals surface area contributed by atoms with Gasteiger partial charge in [-0.3, -0.25) is 0 Å². The highest BCUT2D eigenvalue weighted by molar-refractivity contribution is 7.88. The Bertz CT molecular complexity index is 754. The van der Waals surface area contributed by atoms with Gasteiger partial charge in [0.15, 0.2) is 0 Å². The smallest absolute Gasteiger partial charge is 0.218 e. The van der Waals surface area contributed by atoms with E-state index in [2.05, 4.69) is 0 Å². The molecule has 4 nitrogen and oxygen atoms in total. The third-order valence-electron chi connectivity index (χ3n) is 3.31. The highest BCUT2D eigenvalue weighted by Gasteiger charge is 2.22. The third-order valence-corrected chi connectivity index (χ3v) is 5.39. The van der Waals surface area contributed by atoms with Crippen LogP contribution in [0.25, 0.3) is 0 Å². The van der Waals surface area contributed by atoms with Crippen molar-refractivity contribution in [3.63, 3.8) is 0 Å². The maximum Gasteiger partial charge on any atom is 0.218 e. The van der Waals surface area contributed by atoms with Crippen LogP contribution in [-0.2, 0) is 22.3 Å². The number of nitrogens with two attached hydrogens (primary N) is 1. The van der Waals surface area contributed by atoms with Crippen LogP contribution in [0.4, 0.5) is 4.39 Å². The van der Waals surface area contributed by atoms with Crippen LogP contribution in [-0.4, -0.2) is 25.8 Å². The van der Waals surface area contributed by atoms with Gasteiger partial charge >= 0.3 is 0 Å². The Morgan fingerprint density at radius 2 is 1.78 bits per heavy atom. The number of hydrogen-bond acceptors (Lipinski definition) is 3. The van der Waals surface area contributed by atoms with Gasteiger partial charge in [-0.1, -0.05) is 48.0 Å². The first kappa shape index (κ1) is 17.9. The van der Waals surface area contributed by atoms with E-state index in [4.69, 9.17) is 17.3 Å². The molecule has 0 aromatic heterocycles. The van der Waals surface area contributed by atoms with Gasteiger partial charge in [0.1, 0.15) is 5.82 Å². The zero-order valence-corrected chi connectivity index (χ0v) is 14.0. The van der Waals surface area contributed by atoms with Crippen molar-refractivity contribution >= 4 is 21.6 Å². The summed E-state index contributed by atoms with van der Waals surface area (Å²) in [4.78, 5) is 0. The van der Waals surface area contributed by atoms with E-state index in [0.717, 1.165) is 11.6 Å². The summed E-state index contributed by atoms with van der Waals surface area (Å²) in [7, 11) is -3.59. The summed E-state index contributed by atoms with van der Waals surface area (Å²) in [5.74, 6) is -0.823. The first-order valence-electron chi connectivity index (χ1n) is 7.08. The van der Waals surface area contributed by atoms with Crippen LogP contribution in [0.3, 0.4) is 0 Å². The van der Waals surface area contributed by atoms with E-state index in [1.165, 1.54) is 16.4 Å². The minimum atomic E-state index is -3.59. The molecular formula is C16H18ClFN2O2S. The van der Waals surface area contributed by atoms with Crippen molar-refractivity contribution in [3.8, 4) is 0 Å². The Morgan fingerprint density at radius 1 is 1.09 bits per heavy atom. The Balaban J connectivity index is 2.20. The number of rotatable bonds is 7. The Morgan fingerprint density at radius 3 is 2.39 bits per heavy atom. The lowest BCUT2D eigenvalue weighted by Gasteiger charge is -2.21. The second-order valence-electron chi connectivity index (χ2n) is 5.11. The minimum Gasteiger partial charge on any atom is -0.329 e. The number of halogens is 2. The lowest BCUT2D eigenvalue weighted by molar-refractivity contribution is 0.413. The van der Waals surface area contributed by atoms with Gasteiger partial charge in [0.05, 0.1) is 10.8 Å². The van der Waals surface area contributed by atoms with Crippen molar-refractivity contribution in [2.75, 3.05) is 13.1 Å². The van der Waals surface area contributed by atoms with E-state index < -0.39 is 15.8 Å². The molecule has 124 valence electrons. The number of sulfonamides is 1. The summed E-state index contributed by atoms with van der Waals surface area (Å²) in [5, 5.41) is -0.0915. The second kappa shape index (κ2) is 7.88. The van der Waals surface area contributed by atoms with Crippen LogP contribution in [0.1, 0.15) is 11.1 Å². The maximum absolute atomic E-state index is 13.2. The Hall–Kier alpha value is -1.47. The number of nitrogens with zero attached hydrogens (tertiary/aromatic N) is 1. The lowest BCUT2D eigenvalue weighted by atomic mass is 10.2. The maximum atomic E-state index is 13.2. The predicted molar refractivity (Wildman–Crippen MR) is 89.9 cm³/mol. The summed E-state index contributed by atoms with van der Waals surface area (Å²) in [6.07, 6.45) is 0. The van der Waals surface area contributed by atoms with E-state index in [9.17, 15) is 12.8 Å². The SMILES string of the molecule is NCCN(Cc1ccccc1)S(=O)(=O)Cc1ccc(F)c(Cl)c1. The fourth-order valence-electron chi connectivity index (χ4n) is 2.18. The monoisotopic (exact) mass is 356 g/mol. The van der Waals surface area contributed by atoms with E-state index in [0.29, 0.717) is 5.56 Å². The fourth-order valence-corrected chi connectivity index (χ4v) is 3.89. The molecule has 2 aromatic carbocycles. The molecule has 0 heterocycles. The molecule has 2 aromatic rings. The molecule has 0 saturated carbocycles. The summed E-state index contributed by atoms with van der Waals surface area (Å²) >= 11 is 5.71.